The Balaban J connectivity index is 1.54. The van der Waals surface area contributed by atoms with Crippen LogP contribution in [0.25, 0.3) is 0 Å². The molecule has 2 aromatic rings. The van der Waals surface area contributed by atoms with E-state index in [1.165, 1.54) is 12.1 Å². The van der Waals surface area contributed by atoms with Crippen LogP contribution in [-0.2, 0) is 22.6 Å². The van der Waals surface area contributed by atoms with Gasteiger partial charge in [-0.1, -0.05) is 24.3 Å². The van der Waals surface area contributed by atoms with Gasteiger partial charge in [0.2, 0.25) is 0 Å². The molecule has 3 rings (SSSR count). The van der Waals surface area contributed by atoms with Crippen molar-refractivity contribution in [1.82, 2.24) is 9.80 Å². The maximum atomic E-state index is 13.1. The van der Waals surface area contributed by atoms with E-state index in [1.54, 1.807) is 36.4 Å². The van der Waals surface area contributed by atoms with Crippen molar-refractivity contribution in [3.63, 3.8) is 0 Å². The number of rotatable bonds is 7. The van der Waals surface area contributed by atoms with Crippen LogP contribution in [0.3, 0.4) is 0 Å². The van der Waals surface area contributed by atoms with Gasteiger partial charge in [0.25, 0.3) is 5.91 Å². The number of carboxylic acid groups (broad SMARTS) is 1. The van der Waals surface area contributed by atoms with E-state index < -0.39 is 5.97 Å². The highest BCUT2D eigenvalue weighted by molar-refractivity contribution is 5.78. The van der Waals surface area contributed by atoms with Gasteiger partial charge in [0.05, 0.1) is 6.42 Å². The number of amides is 1. The van der Waals surface area contributed by atoms with Gasteiger partial charge in [-0.25, -0.2) is 4.39 Å². The number of carbonyl (C=O) groups is 2. The van der Waals surface area contributed by atoms with Gasteiger partial charge in [-0.15, -0.1) is 0 Å². The maximum absolute atomic E-state index is 13.1. The summed E-state index contributed by atoms with van der Waals surface area (Å²) >= 11 is 0. The first kappa shape index (κ1) is 21.8. The Morgan fingerprint density at radius 1 is 1.07 bits per heavy atom. The van der Waals surface area contributed by atoms with Gasteiger partial charge in [0, 0.05) is 31.7 Å². The van der Waals surface area contributed by atoms with E-state index in [1.807, 2.05) is 11.8 Å². The van der Waals surface area contributed by atoms with Gasteiger partial charge >= 0.3 is 5.97 Å². The number of hydrogen-bond donors (Lipinski definition) is 1. The number of ether oxygens (including phenoxy) is 1. The topological polar surface area (TPSA) is 70.1 Å². The number of piperazine rings is 1. The van der Waals surface area contributed by atoms with E-state index in [4.69, 9.17) is 9.84 Å². The van der Waals surface area contributed by atoms with Crippen LogP contribution in [0.15, 0.2) is 48.5 Å². The largest absolute Gasteiger partial charge is 0.484 e. The van der Waals surface area contributed by atoms with Gasteiger partial charge in [0.1, 0.15) is 11.6 Å². The van der Waals surface area contributed by atoms with Gasteiger partial charge in [-0.05, 0) is 49.2 Å². The summed E-state index contributed by atoms with van der Waals surface area (Å²) in [4.78, 5) is 27.7. The van der Waals surface area contributed by atoms with Crippen molar-refractivity contribution < 1.29 is 23.8 Å². The number of carbonyl (C=O) groups excluding carboxylic acids is 1. The molecular formula is C23H27FN2O4. The predicted molar refractivity (Wildman–Crippen MR) is 111 cm³/mol. The number of halogens is 1. The van der Waals surface area contributed by atoms with Crippen LogP contribution in [0, 0.1) is 5.82 Å². The third-order valence-electron chi connectivity index (χ3n) is 5.35. The zero-order valence-electron chi connectivity index (χ0n) is 17.3. The van der Waals surface area contributed by atoms with Crippen molar-refractivity contribution in [3.8, 4) is 5.75 Å². The molecule has 0 aliphatic carbocycles. The Morgan fingerprint density at radius 3 is 2.50 bits per heavy atom. The van der Waals surface area contributed by atoms with Crippen LogP contribution in [0.2, 0.25) is 0 Å². The number of carboxylic acids is 1. The Kier molecular flexibility index (Phi) is 7.05. The highest BCUT2D eigenvalue weighted by atomic mass is 19.1. The maximum Gasteiger partial charge on any atom is 0.307 e. The molecule has 1 aliphatic rings. The molecule has 1 fully saturated rings. The van der Waals surface area contributed by atoms with Crippen LogP contribution in [-0.4, -0.2) is 58.6 Å². The lowest BCUT2D eigenvalue weighted by atomic mass is 10.1. The molecule has 2 aromatic carbocycles. The smallest absolute Gasteiger partial charge is 0.307 e. The van der Waals surface area contributed by atoms with Crippen molar-refractivity contribution >= 4 is 11.9 Å². The molecule has 7 heteroatoms. The number of benzene rings is 2. The molecule has 1 heterocycles. The molecule has 0 saturated carbocycles. The van der Waals surface area contributed by atoms with Gasteiger partial charge in [-0.2, -0.15) is 0 Å². The molecule has 1 N–H and O–H groups in total. The zero-order valence-corrected chi connectivity index (χ0v) is 17.3. The molecule has 2 atom stereocenters. The van der Waals surface area contributed by atoms with Gasteiger partial charge < -0.3 is 14.7 Å². The lowest BCUT2D eigenvalue weighted by Gasteiger charge is -2.44. The zero-order chi connectivity index (χ0) is 21.7. The van der Waals surface area contributed by atoms with Gasteiger partial charge in [0.15, 0.2) is 6.61 Å². The summed E-state index contributed by atoms with van der Waals surface area (Å²) in [5.74, 6) is -0.772. The fourth-order valence-electron chi connectivity index (χ4n) is 3.74. The normalized spacial score (nSPS) is 19.5. The van der Waals surface area contributed by atoms with Crippen molar-refractivity contribution in [2.45, 2.75) is 38.9 Å². The van der Waals surface area contributed by atoms with Crippen LogP contribution in [0.4, 0.5) is 4.39 Å². The van der Waals surface area contributed by atoms with Crippen LogP contribution in [0.1, 0.15) is 25.0 Å². The highest BCUT2D eigenvalue weighted by Gasteiger charge is 2.32. The minimum Gasteiger partial charge on any atom is -0.484 e. The van der Waals surface area contributed by atoms with E-state index in [0.29, 0.717) is 24.4 Å². The number of hydrogen-bond acceptors (Lipinski definition) is 4. The fourth-order valence-corrected chi connectivity index (χ4v) is 3.74. The molecule has 1 saturated heterocycles. The Bertz CT molecular complexity index is 887. The Hall–Kier alpha value is -2.93. The standard InChI is InChI=1S/C23H27FN2O4/c1-16-13-26(17(2)12-25(16)14-18-6-8-20(24)9-7-18)22(27)15-30-21-5-3-4-19(10-21)11-23(28)29/h3-10,16-17H,11-15H2,1-2H3,(H,28,29). The first-order valence-corrected chi connectivity index (χ1v) is 10.0. The van der Waals surface area contributed by atoms with Gasteiger partial charge in [-0.3, -0.25) is 14.5 Å². The average Bonchev–Trinajstić information content (AvgIpc) is 2.70. The summed E-state index contributed by atoms with van der Waals surface area (Å²) in [7, 11) is 0. The summed E-state index contributed by atoms with van der Waals surface area (Å²) in [6.07, 6.45) is -0.0876. The highest BCUT2D eigenvalue weighted by Crippen LogP contribution is 2.19. The van der Waals surface area contributed by atoms with E-state index in [0.717, 1.165) is 12.1 Å². The van der Waals surface area contributed by atoms with Crippen molar-refractivity contribution in [2.75, 3.05) is 19.7 Å². The van der Waals surface area contributed by atoms with E-state index >= 15 is 0 Å². The average molecular weight is 414 g/mol. The Morgan fingerprint density at radius 2 is 1.80 bits per heavy atom. The first-order valence-electron chi connectivity index (χ1n) is 10.0. The molecule has 6 nitrogen and oxygen atoms in total. The van der Waals surface area contributed by atoms with E-state index in [2.05, 4.69) is 11.8 Å². The summed E-state index contributed by atoms with van der Waals surface area (Å²) in [5.41, 5.74) is 1.67. The molecule has 2 unspecified atom stereocenters. The van der Waals surface area contributed by atoms with Crippen molar-refractivity contribution in [1.29, 1.82) is 0 Å². The van der Waals surface area contributed by atoms with E-state index in [-0.39, 0.29) is 36.8 Å². The van der Waals surface area contributed by atoms with E-state index in [9.17, 15) is 14.0 Å². The van der Waals surface area contributed by atoms with Crippen molar-refractivity contribution in [2.24, 2.45) is 0 Å². The molecule has 30 heavy (non-hydrogen) atoms. The number of nitrogens with zero attached hydrogens (tertiary/aromatic N) is 2. The second-order valence-electron chi connectivity index (χ2n) is 7.81. The summed E-state index contributed by atoms with van der Waals surface area (Å²) < 4.78 is 18.7. The lowest BCUT2D eigenvalue weighted by molar-refractivity contribution is -0.139. The number of aliphatic carboxylic acids is 1. The lowest BCUT2D eigenvalue weighted by Crippen LogP contribution is -2.58. The van der Waals surface area contributed by atoms with Crippen LogP contribution >= 0.6 is 0 Å². The van der Waals surface area contributed by atoms with Crippen molar-refractivity contribution in [3.05, 3.63) is 65.5 Å². The molecule has 0 aromatic heterocycles. The molecule has 0 spiro atoms. The minimum atomic E-state index is -0.912. The first-order chi connectivity index (χ1) is 14.3. The van der Waals surface area contributed by atoms with Crippen LogP contribution in [0.5, 0.6) is 5.75 Å². The molecule has 1 amide bonds. The summed E-state index contributed by atoms with van der Waals surface area (Å²) in [5, 5.41) is 8.90. The molecule has 0 radical (unpaired) electrons. The molecule has 0 bridgehead atoms. The Labute approximate surface area is 175 Å². The summed E-state index contributed by atoms with van der Waals surface area (Å²) in [6, 6.07) is 13.5. The minimum absolute atomic E-state index is 0.0242. The monoisotopic (exact) mass is 414 g/mol. The quantitative estimate of drug-likeness (QED) is 0.754. The second-order valence-corrected chi connectivity index (χ2v) is 7.81. The molecule has 1 aliphatic heterocycles. The third-order valence-corrected chi connectivity index (χ3v) is 5.35. The molecule has 160 valence electrons. The van der Waals surface area contributed by atoms with Crippen LogP contribution < -0.4 is 4.74 Å². The predicted octanol–water partition coefficient (Wildman–Crippen LogP) is 2.95. The second kappa shape index (κ2) is 9.71. The fraction of sp³-hybridized carbons (Fsp3) is 0.391. The summed E-state index contributed by atoms with van der Waals surface area (Å²) in [6.45, 7) is 6.01. The SMILES string of the molecule is CC1CN(C(=O)COc2cccc(CC(=O)O)c2)C(C)CN1Cc1ccc(F)cc1. The third kappa shape index (κ3) is 5.79. The molecular weight excluding hydrogens is 387 g/mol.